The summed E-state index contributed by atoms with van der Waals surface area (Å²) in [4.78, 5) is 21.4. The van der Waals surface area contributed by atoms with Gasteiger partial charge in [0.25, 0.3) is 6.04 Å². The summed E-state index contributed by atoms with van der Waals surface area (Å²) in [5.74, 6) is -0.728. The smallest absolute Gasteiger partial charge is 0.278 e. The van der Waals surface area contributed by atoms with Gasteiger partial charge >= 0.3 is 0 Å². The van der Waals surface area contributed by atoms with Crippen LogP contribution < -0.4 is 0 Å². The second kappa shape index (κ2) is 5.55. The Labute approximate surface area is 96.2 Å². The predicted molar refractivity (Wildman–Crippen MR) is 56.9 cm³/mol. The van der Waals surface area contributed by atoms with Gasteiger partial charge in [-0.1, -0.05) is 41.9 Å². The van der Waals surface area contributed by atoms with Crippen LogP contribution in [0.4, 0.5) is 4.39 Å². The van der Waals surface area contributed by atoms with Crippen molar-refractivity contribution in [2.45, 2.75) is 18.1 Å². The fourth-order valence-electron chi connectivity index (χ4n) is 1.25. The zero-order valence-electron chi connectivity index (χ0n) is 8.18. The van der Waals surface area contributed by atoms with Crippen LogP contribution in [0, 0.1) is 10.1 Å². The molecule has 0 aromatic heterocycles. The number of carbonyl (C=O) groups excluding carboxylic acids is 1. The molecule has 2 atom stereocenters. The molecule has 6 heteroatoms. The third kappa shape index (κ3) is 3.27. The van der Waals surface area contributed by atoms with Crippen molar-refractivity contribution in [3.8, 4) is 0 Å². The minimum atomic E-state index is -1.90. The Morgan fingerprint density at radius 3 is 2.44 bits per heavy atom. The molecule has 2 unspecified atom stereocenters. The molecule has 0 saturated carbocycles. The number of hydrogen-bond acceptors (Lipinski definition) is 3. The van der Waals surface area contributed by atoms with E-state index in [0.29, 0.717) is 0 Å². The zero-order chi connectivity index (χ0) is 12.1. The van der Waals surface area contributed by atoms with Crippen molar-refractivity contribution < 1.29 is 14.1 Å². The quantitative estimate of drug-likeness (QED) is 0.346. The third-order valence-electron chi connectivity index (χ3n) is 2.02. The van der Waals surface area contributed by atoms with Gasteiger partial charge in [-0.15, -0.1) is 0 Å². The Balaban J connectivity index is 2.88. The summed E-state index contributed by atoms with van der Waals surface area (Å²) in [5, 5.41) is 10.6. The van der Waals surface area contributed by atoms with Crippen molar-refractivity contribution in [2.75, 3.05) is 0 Å². The molecule has 0 aliphatic rings. The van der Waals surface area contributed by atoms with E-state index in [1.807, 2.05) is 0 Å². The largest absolute Gasteiger partial charge is 0.286 e. The van der Waals surface area contributed by atoms with E-state index in [-0.39, 0.29) is 5.56 Å². The Kier molecular flexibility index (Phi) is 4.37. The number of benzene rings is 1. The second-order valence-electron chi connectivity index (χ2n) is 3.16. The van der Waals surface area contributed by atoms with Gasteiger partial charge in [-0.3, -0.25) is 14.9 Å². The van der Waals surface area contributed by atoms with Crippen LogP contribution >= 0.6 is 11.6 Å². The number of rotatable bonds is 5. The molecule has 16 heavy (non-hydrogen) atoms. The minimum absolute atomic E-state index is 0.182. The molecule has 0 aliphatic carbocycles. The lowest BCUT2D eigenvalue weighted by Gasteiger charge is -2.08. The van der Waals surface area contributed by atoms with Crippen molar-refractivity contribution >= 4 is 17.4 Å². The first kappa shape index (κ1) is 12.6. The van der Waals surface area contributed by atoms with Crippen LogP contribution in [0.2, 0.25) is 0 Å². The van der Waals surface area contributed by atoms with Crippen LogP contribution in [-0.2, 0) is 0 Å². The standard InChI is InChI=1S/C10H9ClFNO3/c11-9(12)6-8(13(15)16)10(14)7-4-2-1-3-5-7/h1-5,8-9H,6H2. The van der Waals surface area contributed by atoms with Crippen molar-refractivity contribution in [3.05, 3.63) is 46.0 Å². The van der Waals surface area contributed by atoms with Gasteiger partial charge in [-0.05, 0) is 0 Å². The van der Waals surface area contributed by atoms with Gasteiger partial charge < -0.3 is 0 Å². The van der Waals surface area contributed by atoms with E-state index in [9.17, 15) is 19.3 Å². The van der Waals surface area contributed by atoms with E-state index in [4.69, 9.17) is 11.6 Å². The highest BCUT2D eigenvalue weighted by atomic mass is 35.5. The van der Waals surface area contributed by atoms with Gasteiger partial charge in [0.1, 0.15) is 0 Å². The second-order valence-corrected chi connectivity index (χ2v) is 3.63. The lowest BCUT2D eigenvalue weighted by Crippen LogP contribution is -2.31. The summed E-state index contributed by atoms with van der Waals surface area (Å²) in [6, 6.07) is 6.10. The molecule has 1 aromatic carbocycles. The third-order valence-corrected chi connectivity index (χ3v) is 2.20. The molecule has 1 aromatic rings. The number of nitrogens with zero attached hydrogens (tertiary/aromatic N) is 1. The van der Waals surface area contributed by atoms with E-state index >= 15 is 0 Å². The van der Waals surface area contributed by atoms with Gasteiger partial charge in [-0.2, -0.15) is 0 Å². The van der Waals surface area contributed by atoms with E-state index in [0.717, 1.165) is 0 Å². The van der Waals surface area contributed by atoms with Crippen molar-refractivity contribution in [2.24, 2.45) is 0 Å². The summed E-state index contributed by atoms with van der Waals surface area (Å²) < 4.78 is 12.5. The number of halogens is 2. The van der Waals surface area contributed by atoms with Gasteiger partial charge in [0.05, 0.1) is 6.42 Å². The molecule has 0 heterocycles. The number of alkyl halides is 2. The average molecular weight is 246 g/mol. The van der Waals surface area contributed by atoms with E-state index in [1.54, 1.807) is 18.2 Å². The number of Topliss-reactive ketones (excluding diaryl/α,β-unsaturated/α-hetero) is 1. The maximum atomic E-state index is 12.5. The monoisotopic (exact) mass is 245 g/mol. The lowest BCUT2D eigenvalue weighted by atomic mass is 10.0. The van der Waals surface area contributed by atoms with Crippen LogP contribution in [0.5, 0.6) is 0 Å². The van der Waals surface area contributed by atoms with Crippen LogP contribution in [0.1, 0.15) is 16.8 Å². The first-order valence-electron chi connectivity index (χ1n) is 4.53. The molecule has 4 nitrogen and oxygen atoms in total. The minimum Gasteiger partial charge on any atom is -0.286 e. The SMILES string of the molecule is O=C(c1ccccc1)C(CC(F)Cl)[N+](=O)[O-]. The normalized spacial score (nSPS) is 14.1. The molecule has 0 spiro atoms. The van der Waals surface area contributed by atoms with E-state index < -0.39 is 28.8 Å². The van der Waals surface area contributed by atoms with Crippen molar-refractivity contribution in [1.82, 2.24) is 0 Å². The van der Waals surface area contributed by atoms with Gasteiger partial charge in [-0.25, -0.2) is 4.39 Å². The lowest BCUT2D eigenvalue weighted by molar-refractivity contribution is -0.506. The fraction of sp³-hybridized carbons (Fsp3) is 0.300. The Hall–Kier alpha value is -1.49. The van der Waals surface area contributed by atoms with Gasteiger partial charge in [0.15, 0.2) is 5.63 Å². The molecule has 0 radical (unpaired) electrons. The van der Waals surface area contributed by atoms with Crippen molar-refractivity contribution in [3.63, 3.8) is 0 Å². The molecule has 0 saturated heterocycles. The molecule has 0 N–H and O–H groups in total. The van der Waals surface area contributed by atoms with Gasteiger partial charge in [0, 0.05) is 10.5 Å². The molecule has 0 amide bonds. The highest BCUT2D eigenvalue weighted by molar-refractivity contribution is 6.19. The van der Waals surface area contributed by atoms with E-state index in [1.165, 1.54) is 12.1 Å². The van der Waals surface area contributed by atoms with Crippen LogP contribution in [0.3, 0.4) is 0 Å². The molecular weight excluding hydrogens is 237 g/mol. The molecule has 0 fully saturated rings. The highest BCUT2D eigenvalue weighted by Gasteiger charge is 2.32. The Morgan fingerprint density at radius 1 is 1.44 bits per heavy atom. The van der Waals surface area contributed by atoms with E-state index in [2.05, 4.69) is 0 Å². The summed E-state index contributed by atoms with van der Waals surface area (Å²) in [6.07, 6.45) is -0.623. The molecule has 86 valence electrons. The van der Waals surface area contributed by atoms with Gasteiger partial charge in [0.2, 0.25) is 5.78 Å². The predicted octanol–water partition coefficient (Wildman–Crippen LogP) is 2.44. The molecule has 0 aliphatic heterocycles. The molecular formula is C10H9ClFNO3. The number of ketones is 1. The van der Waals surface area contributed by atoms with Crippen LogP contribution in [-0.4, -0.2) is 22.4 Å². The van der Waals surface area contributed by atoms with Crippen LogP contribution in [0.15, 0.2) is 30.3 Å². The molecule has 0 bridgehead atoms. The number of hydrogen-bond donors (Lipinski definition) is 0. The summed E-state index contributed by atoms with van der Waals surface area (Å²) in [5.41, 5.74) is -1.72. The molecule has 1 rings (SSSR count). The average Bonchev–Trinajstić information content (AvgIpc) is 2.25. The Morgan fingerprint density at radius 2 is 2.00 bits per heavy atom. The summed E-state index contributed by atoms with van der Waals surface area (Å²) in [6.45, 7) is 0. The van der Waals surface area contributed by atoms with Crippen molar-refractivity contribution in [1.29, 1.82) is 0 Å². The van der Waals surface area contributed by atoms with Crippen LogP contribution in [0.25, 0.3) is 0 Å². The first-order valence-corrected chi connectivity index (χ1v) is 4.97. The number of carbonyl (C=O) groups is 1. The summed E-state index contributed by atoms with van der Waals surface area (Å²) in [7, 11) is 0. The first-order chi connectivity index (χ1) is 7.52. The topological polar surface area (TPSA) is 60.2 Å². The zero-order valence-corrected chi connectivity index (χ0v) is 8.93. The maximum absolute atomic E-state index is 12.5. The Bertz CT molecular complexity index is 383. The fourth-order valence-corrected chi connectivity index (χ4v) is 1.42. The number of nitro groups is 1. The highest BCUT2D eigenvalue weighted by Crippen LogP contribution is 2.14. The maximum Gasteiger partial charge on any atom is 0.278 e. The summed E-state index contributed by atoms with van der Waals surface area (Å²) >= 11 is 5.02.